The molecule has 1 unspecified atom stereocenters. The molecule has 1 fully saturated rings. The molecule has 1 atom stereocenters. The molecule has 4 N–H and O–H groups in total. The van der Waals surface area contributed by atoms with Crippen molar-refractivity contribution in [2.24, 2.45) is 11.7 Å². The van der Waals surface area contributed by atoms with Crippen molar-refractivity contribution in [1.29, 1.82) is 0 Å². The van der Waals surface area contributed by atoms with Gasteiger partial charge in [-0.25, -0.2) is 4.79 Å². The fourth-order valence-electron chi connectivity index (χ4n) is 2.10. The molecule has 4 amide bonds. The molecule has 6 heteroatoms. The highest BCUT2D eigenvalue weighted by Crippen LogP contribution is 2.27. The summed E-state index contributed by atoms with van der Waals surface area (Å²) in [5.41, 5.74) is 6.12. The van der Waals surface area contributed by atoms with E-state index in [2.05, 4.69) is 10.6 Å². The monoisotopic (exact) mass is 249 g/mol. The number of hydrogen-bond donors (Lipinski definition) is 3. The van der Waals surface area contributed by atoms with Crippen LogP contribution in [0.15, 0.2) is 23.8 Å². The van der Waals surface area contributed by atoms with E-state index in [0.717, 1.165) is 0 Å². The molecule has 1 aliphatic carbocycles. The van der Waals surface area contributed by atoms with Gasteiger partial charge in [-0.2, -0.15) is 0 Å². The summed E-state index contributed by atoms with van der Waals surface area (Å²) in [6.07, 6.45) is 6.67. The van der Waals surface area contributed by atoms with Gasteiger partial charge in [-0.15, -0.1) is 0 Å². The second kappa shape index (κ2) is 4.38. The maximum atomic E-state index is 11.7. The normalized spacial score (nSPS) is 28.8. The third-order valence-electron chi connectivity index (χ3n) is 3.25. The number of urea groups is 1. The number of imide groups is 2. The molecule has 0 bridgehead atoms. The zero-order valence-corrected chi connectivity index (χ0v) is 10.0. The highest BCUT2D eigenvalue weighted by Gasteiger charge is 2.38. The van der Waals surface area contributed by atoms with E-state index in [1.165, 1.54) is 0 Å². The zero-order chi connectivity index (χ0) is 13.3. The molecule has 1 aliphatic heterocycles. The summed E-state index contributed by atoms with van der Waals surface area (Å²) in [7, 11) is 0. The van der Waals surface area contributed by atoms with Crippen LogP contribution in [-0.4, -0.2) is 23.4 Å². The molecule has 96 valence electrons. The Balaban J connectivity index is 2.31. The lowest BCUT2D eigenvalue weighted by atomic mass is 9.82. The second-order valence-corrected chi connectivity index (χ2v) is 4.58. The Labute approximate surface area is 104 Å². The van der Waals surface area contributed by atoms with Crippen molar-refractivity contribution in [3.05, 3.63) is 23.8 Å². The van der Waals surface area contributed by atoms with E-state index >= 15 is 0 Å². The van der Waals surface area contributed by atoms with Crippen LogP contribution in [0.3, 0.4) is 0 Å². The number of nitrogens with two attached hydrogens (primary N) is 1. The maximum Gasteiger partial charge on any atom is 0.328 e. The molecule has 1 saturated heterocycles. The van der Waals surface area contributed by atoms with Crippen LogP contribution >= 0.6 is 0 Å². The van der Waals surface area contributed by atoms with E-state index in [-0.39, 0.29) is 0 Å². The number of carbonyl (C=O) groups is 3. The predicted molar refractivity (Wildman–Crippen MR) is 64.2 cm³/mol. The van der Waals surface area contributed by atoms with Gasteiger partial charge in [-0.1, -0.05) is 25.2 Å². The van der Waals surface area contributed by atoms with Crippen LogP contribution in [0.25, 0.3) is 0 Å². The van der Waals surface area contributed by atoms with E-state index in [1.807, 2.05) is 13.0 Å². The number of rotatable bonds is 2. The quantitative estimate of drug-likeness (QED) is 0.598. The molecule has 0 aromatic carbocycles. The zero-order valence-electron chi connectivity index (χ0n) is 10.0. The average Bonchev–Trinajstić information content (AvgIpc) is 2.28. The SMILES string of the molecule is CCC1(N)C=C(C2C(=O)NC(=O)NC2=O)C=CC1. The number of carbonyl (C=O) groups excluding carboxylic acids is 3. The summed E-state index contributed by atoms with van der Waals surface area (Å²) in [5.74, 6) is -2.23. The lowest BCUT2D eigenvalue weighted by molar-refractivity contribution is -0.134. The van der Waals surface area contributed by atoms with Gasteiger partial charge in [0.05, 0.1) is 0 Å². The third-order valence-corrected chi connectivity index (χ3v) is 3.25. The van der Waals surface area contributed by atoms with Gasteiger partial charge in [0.25, 0.3) is 0 Å². The van der Waals surface area contributed by atoms with Gasteiger partial charge in [0.15, 0.2) is 0 Å². The molecular formula is C12H15N3O3. The van der Waals surface area contributed by atoms with Gasteiger partial charge in [0, 0.05) is 5.54 Å². The first kappa shape index (κ1) is 12.5. The number of barbiturate groups is 1. The van der Waals surface area contributed by atoms with Gasteiger partial charge in [-0.05, 0) is 18.4 Å². The van der Waals surface area contributed by atoms with Crippen molar-refractivity contribution in [2.45, 2.75) is 25.3 Å². The lowest BCUT2D eigenvalue weighted by Crippen LogP contribution is -2.56. The first-order valence-corrected chi connectivity index (χ1v) is 5.79. The summed E-state index contributed by atoms with van der Waals surface area (Å²) in [6, 6.07) is -0.781. The molecule has 1 heterocycles. The molecule has 0 spiro atoms. The van der Waals surface area contributed by atoms with Crippen molar-refractivity contribution < 1.29 is 14.4 Å². The second-order valence-electron chi connectivity index (χ2n) is 4.58. The van der Waals surface area contributed by atoms with E-state index in [1.54, 1.807) is 12.2 Å². The topological polar surface area (TPSA) is 101 Å². The van der Waals surface area contributed by atoms with Crippen LogP contribution in [0.1, 0.15) is 19.8 Å². The Morgan fingerprint density at radius 2 is 1.94 bits per heavy atom. The van der Waals surface area contributed by atoms with E-state index < -0.39 is 29.3 Å². The number of amides is 4. The fourth-order valence-corrected chi connectivity index (χ4v) is 2.10. The lowest BCUT2D eigenvalue weighted by Gasteiger charge is -2.30. The number of hydrogen-bond acceptors (Lipinski definition) is 4. The van der Waals surface area contributed by atoms with E-state index in [0.29, 0.717) is 18.4 Å². The van der Waals surface area contributed by atoms with Gasteiger partial charge in [0.2, 0.25) is 11.8 Å². The molecule has 2 rings (SSSR count). The Morgan fingerprint density at radius 1 is 1.33 bits per heavy atom. The first-order chi connectivity index (χ1) is 8.45. The average molecular weight is 249 g/mol. The third kappa shape index (κ3) is 2.19. The van der Waals surface area contributed by atoms with Crippen molar-refractivity contribution in [3.63, 3.8) is 0 Å². The molecule has 2 aliphatic rings. The Morgan fingerprint density at radius 3 is 2.50 bits per heavy atom. The Bertz CT molecular complexity index is 461. The standard InChI is InChI=1S/C12H15N3O3/c1-2-12(13)5-3-4-7(6-12)8-9(16)14-11(18)15-10(8)17/h3-4,6,8H,2,5,13H2,1H3,(H2,14,15,16,17,18). The highest BCUT2D eigenvalue weighted by molar-refractivity contribution is 6.18. The van der Waals surface area contributed by atoms with Crippen LogP contribution in [0.2, 0.25) is 0 Å². The van der Waals surface area contributed by atoms with Crippen molar-refractivity contribution >= 4 is 17.8 Å². The van der Waals surface area contributed by atoms with Crippen molar-refractivity contribution in [2.75, 3.05) is 0 Å². The number of allylic oxidation sites excluding steroid dienone is 1. The van der Waals surface area contributed by atoms with Crippen molar-refractivity contribution in [3.8, 4) is 0 Å². The minimum atomic E-state index is -1.01. The molecule has 0 radical (unpaired) electrons. The minimum absolute atomic E-state index is 0.535. The Kier molecular flexibility index (Phi) is 3.04. The van der Waals surface area contributed by atoms with Crippen LogP contribution in [0.5, 0.6) is 0 Å². The Hall–Kier alpha value is -1.95. The first-order valence-electron chi connectivity index (χ1n) is 5.79. The van der Waals surface area contributed by atoms with Crippen LogP contribution < -0.4 is 16.4 Å². The van der Waals surface area contributed by atoms with Crippen LogP contribution in [-0.2, 0) is 9.59 Å². The molecule has 0 aromatic rings. The summed E-state index contributed by atoms with van der Waals surface area (Å²) in [5, 5.41) is 4.15. The molecule has 18 heavy (non-hydrogen) atoms. The minimum Gasteiger partial charge on any atom is -0.322 e. The van der Waals surface area contributed by atoms with E-state index in [4.69, 9.17) is 5.73 Å². The van der Waals surface area contributed by atoms with Crippen LogP contribution in [0, 0.1) is 5.92 Å². The number of nitrogens with one attached hydrogen (secondary N) is 2. The van der Waals surface area contributed by atoms with Crippen LogP contribution in [0.4, 0.5) is 4.79 Å². The summed E-state index contributed by atoms with van der Waals surface area (Å²) < 4.78 is 0. The van der Waals surface area contributed by atoms with E-state index in [9.17, 15) is 14.4 Å². The largest absolute Gasteiger partial charge is 0.328 e. The maximum absolute atomic E-state index is 11.7. The van der Waals surface area contributed by atoms with Crippen molar-refractivity contribution in [1.82, 2.24) is 10.6 Å². The molecule has 6 nitrogen and oxygen atoms in total. The van der Waals surface area contributed by atoms with Gasteiger partial charge in [0.1, 0.15) is 5.92 Å². The van der Waals surface area contributed by atoms with Gasteiger partial charge >= 0.3 is 6.03 Å². The molecule has 0 aromatic heterocycles. The summed E-state index contributed by atoms with van der Waals surface area (Å²) >= 11 is 0. The summed E-state index contributed by atoms with van der Waals surface area (Å²) in [4.78, 5) is 34.4. The highest BCUT2D eigenvalue weighted by atomic mass is 16.2. The van der Waals surface area contributed by atoms with Gasteiger partial charge in [-0.3, -0.25) is 20.2 Å². The predicted octanol–water partition coefficient (Wildman–Crippen LogP) is -0.0376. The summed E-state index contributed by atoms with van der Waals surface area (Å²) in [6.45, 7) is 1.94. The molecule has 0 saturated carbocycles. The van der Waals surface area contributed by atoms with Gasteiger partial charge < -0.3 is 5.73 Å². The fraction of sp³-hybridized carbons (Fsp3) is 0.417. The smallest absolute Gasteiger partial charge is 0.322 e. The molecular weight excluding hydrogens is 234 g/mol.